The van der Waals surface area contributed by atoms with Crippen molar-refractivity contribution in [3.63, 3.8) is 0 Å². The molecule has 218 valence electrons. The van der Waals surface area contributed by atoms with Crippen LogP contribution in [0.4, 0.5) is 5.69 Å². The molecule has 0 heterocycles. The molecule has 0 aliphatic heterocycles. The third-order valence-corrected chi connectivity index (χ3v) is 9.60. The summed E-state index contributed by atoms with van der Waals surface area (Å²) >= 11 is 0. The van der Waals surface area contributed by atoms with Gasteiger partial charge in [-0.1, -0.05) is 87.4 Å². The van der Waals surface area contributed by atoms with Gasteiger partial charge < -0.3 is 10.2 Å². The van der Waals surface area contributed by atoms with Gasteiger partial charge in [0.1, 0.15) is 12.6 Å². The van der Waals surface area contributed by atoms with E-state index in [9.17, 15) is 18.0 Å². The lowest BCUT2D eigenvalue weighted by Crippen LogP contribution is -2.53. The predicted octanol–water partition coefficient (Wildman–Crippen LogP) is 5.52. The number of carbonyl (C=O) groups excluding carboxylic acids is 2. The molecule has 1 saturated carbocycles. The zero-order chi connectivity index (χ0) is 29.4. The summed E-state index contributed by atoms with van der Waals surface area (Å²) in [7, 11) is -4.06. The molecule has 41 heavy (non-hydrogen) atoms. The van der Waals surface area contributed by atoms with Crippen LogP contribution in [0.1, 0.15) is 63.5 Å². The summed E-state index contributed by atoms with van der Waals surface area (Å²) in [5, 5.41) is 3.11. The zero-order valence-electron chi connectivity index (χ0n) is 24.2. The Hall–Kier alpha value is -3.65. The SMILES string of the molecule is CC(C)c1ccc(N(CC(=O)N(CCc2ccccc2)[C@@H](C)C(=O)NC2CCCC2)S(=O)(=O)c2ccccc2)cc1. The molecule has 0 aromatic heterocycles. The second kappa shape index (κ2) is 13.8. The molecule has 0 saturated heterocycles. The topological polar surface area (TPSA) is 86.8 Å². The Morgan fingerprint density at radius 3 is 2.02 bits per heavy atom. The first kappa shape index (κ1) is 30.3. The van der Waals surface area contributed by atoms with Gasteiger partial charge in [-0.15, -0.1) is 0 Å². The first-order chi connectivity index (χ1) is 19.7. The van der Waals surface area contributed by atoms with Crippen molar-refractivity contribution in [1.29, 1.82) is 0 Å². The van der Waals surface area contributed by atoms with E-state index in [0.717, 1.165) is 41.1 Å². The second-order valence-electron chi connectivity index (χ2n) is 11.1. The number of nitrogens with zero attached hydrogens (tertiary/aromatic N) is 2. The number of hydrogen-bond acceptors (Lipinski definition) is 4. The molecule has 3 aromatic carbocycles. The van der Waals surface area contributed by atoms with E-state index < -0.39 is 28.5 Å². The number of nitrogens with one attached hydrogen (secondary N) is 1. The molecule has 1 aliphatic rings. The molecular formula is C33H41N3O4S. The van der Waals surface area contributed by atoms with Crippen LogP contribution in [0.2, 0.25) is 0 Å². The quantitative estimate of drug-likeness (QED) is 0.308. The standard InChI is InChI=1S/C33H41N3O4S/c1-25(2)28-18-20-30(21-19-28)36(41(39,40)31-16-8-5-9-17-31)24-32(37)35(23-22-27-12-6-4-7-13-27)26(3)33(38)34-29-14-10-11-15-29/h4-9,12-13,16-21,25-26,29H,10-11,14-15,22-24H2,1-3H3,(H,34,38)/t26-/m0/s1. The summed E-state index contributed by atoms with van der Waals surface area (Å²) in [6, 6.07) is 24.5. The summed E-state index contributed by atoms with van der Waals surface area (Å²) in [4.78, 5) is 28.9. The van der Waals surface area contributed by atoms with Crippen LogP contribution in [-0.4, -0.2) is 50.3 Å². The molecule has 1 N–H and O–H groups in total. The van der Waals surface area contributed by atoms with Crippen molar-refractivity contribution >= 4 is 27.5 Å². The maximum absolute atomic E-state index is 14.0. The van der Waals surface area contributed by atoms with Crippen molar-refractivity contribution in [3.05, 3.63) is 96.1 Å². The first-order valence-corrected chi connectivity index (χ1v) is 15.9. The molecule has 4 rings (SSSR count). The van der Waals surface area contributed by atoms with Crippen LogP contribution in [0.5, 0.6) is 0 Å². The Balaban J connectivity index is 1.64. The van der Waals surface area contributed by atoms with E-state index in [1.807, 2.05) is 42.5 Å². The Morgan fingerprint density at radius 2 is 1.44 bits per heavy atom. The van der Waals surface area contributed by atoms with Gasteiger partial charge in [0.15, 0.2) is 0 Å². The van der Waals surface area contributed by atoms with E-state index in [1.165, 1.54) is 17.0 Å². The fourth-order valence-corrected chi connectivity index (χ4v) is 6.67. The van der Waals surface area contributed by atoms with Crippen molar-refractivity contribution in [1.82, 2.24) is 10.2 Å². The van der Waals surface area contributed by atoms with Gasteiger partial charge in [-0.25, -0.2) is 8.42 Å². The lowest BCUT2D eigenvalue weighted by atomic mass is 10.0. The van der Waals surface area contributed by atoms with E-state index in [1.54, 1.807) is 37.3 Å². The monoisotopic (exact) mass is 575 g/mol. The Kier molecular flexibility index (Phi) is 10.2. The van der Waals surface area contributed by atoms with Gasteiger partial charge in [-0.3, -0.25) is 13.9 Å². The number of sulfonamides is 1. The number of carbonyl (C=O) groups is 2. The molecule has 7 nitrogen and oxygen atoms in total. The van der Waals surface area contributed by atoms with E-state index >= 15 is 0 Å². The molecule has 0 radical (unpaired) electrons. The average molecular weight is 576 g/mol. The average Bonchev–Trinajstić information content (AvgIpc) is 3.50. The van der Waals surface area contributed by atoms with Crippen LogP contribution >= 0.6 is 0 Å². The molecule has 1 atom stereocenters. The normalized spacial score (nSPS) is 14.5. The number of anilines is 1. The lowest BCUT2D eigenvalue weighted by molar-refractivity contribution is -0.139. The van der Waals surface area contributed by atoms with Crippen LogP contribution < -0.4 is 9.62 Å². The van der Waals surface area contributed by atoms with Gasteiger partial charge >= 0.3 is 0 Å². The first-order valence-electron chi connectivity index (χ1n) is 14.5. The number of amides is 2. The molecule has 2 amide bonds. The Bertz CT molecular complexity index is 1390. The minimum absolute atomic E-state index is 0.101. The van der Waals surface area contributed by atoms with Gasteiger partial charge in [0.2, 0.25) is 11.8 Å². The largest absolute Gasteiger partial charge is 0.352 e. The predicted molar refractivity (Wildman–Crippen MR) is 163 cm³/mol. The highest BCUT2D eigenvalue weighted by Crippen LogP contribution is 2.26. The molecule has 3 aromatic rings. The third-order valence-electron chi connectivity index (χ3n) is 7.81. The van der Waals surface area contributed by atoms with Crippen molar-refractivity contribution in [2.45, 2.75) is 75.8 Å². The van der Waals surface area contributed by atoms with Crippen LogP contribution in [-0.2, 0) is 26.0 Å². The number of benzene rings is 3. The molecule has 0 spiro atoms. The van der Waals surface area contributed by atoms with Crippen LogP contribution in [0, 0.1) is 0 Å². The Morgan fingerprint density at radius 1 is 0.854 bits per heavy atom. The molecule has 1 aliphatic carbocycles. The van der Waals surface area contributed by atoms with Crippen LogP contribution in [0.15, 0.2) is 89.8 Å². The summed E-state index contributed by atoms with van der Waals surface area (Å²) in [6.45, 7) is 5.72. The van der Waals surface area contributed by atoms with Gasteiger partial charge in [-0.05, 0) is 67.5 Å². The van der Waals surface area contributed by atoms with Crippen molar-refractivity contribution in [2.75, 3.05) is 17.4 Å². The van der Waals surface area contributed by atoms with E-state index in [4.69, 9.17) is 0 Å². The van der Waals surface area contributed by atoms with Crippen molar-refractivity contribution in [2.24, 2.45) is 0 Å². The zero-order valence-corrected chi connectivity index (χ0v) is 25.0. The summed E-state index contributed by atoms with van der Waals surface area (Å²) in [5.74, 6) is -0.364. The van der Waals surface area contributed by atoms with E-state index in [2.05, 4.69) is 19.2 Å². The minimum Gasteiger partial charge on any atom is -0.352 e. The smallest absolute Gasteiger partial charge is 0.264 e. The molecular weight excluding hydrogens is 534 g/mol. The third kappa shape index (κ3) is 7.76. The number of hydrogen-bond donors (Lipinski definition) is 1. The van der Waals surface area contributed by atoms with Crippen LogP contribution in [0.3, 0.4) is 0 Å². The molecule has 8 heteroatoms. The van der Waals surface area contributed by atoms with Gasteiger partial charge in [-0.2, -0.15) is 0 Å². The molecule has 0 unspecified atom stereocenters. The summed E-state index contributed by atoms with van der Waals surface area (Å²) in [6.07, 6.45) is 4.58. The van der Waals surface area contributed by atoms with Crippen LogP contribution in [0.25, 0.3) is 0 Å². The highest BCUT2D eigenvalue weighted by atomic mass is 32.2. The molecule has 0 bridgehead atoms. The van der Waals surface area contributed by atoms with Gasteiger partial charge in [0.25, 0.3) is 10.0 Å². The maximum Gasteiger partial charge on any atom is 0.264 e. The summed E-state index contributed by atoms with van der Waals surface area (Å²) in [5.41, 5.74) is 2.50. The minimum atomic E-state index is -4.06. The fraction of sp³-hybridized carbons (Fsp3) is 0.394. The number of rotatable bonds is 12. The maximum atomic E-state index is 14.0. The van der Waals surface area contributed by atoms with E-state index in [-0.39, 0.29) is 29.3 Å². The second-order valence-corrected chi connectivity index (χ2v) is 12.9. The van der Waals surface area contributed by atoms with E-state index in [0.29, 0.717) is 12.1 Å². The summed E-state index contributed by atoms with van der Waals surface area (Å²) < 4.78 is 29.0. The fourth-order valence-electron chi connectivity index (χ4n) is 5.24. The highest BCUT2D eigenvalue weighted by Gasteiger charge is 2.33. The lowest BCUT2D eigenvalue weighted by Gasteiger charge is -2.32. The molecule has 1 fully saturated rings. The van der Waals surface area contributed by atoms with Gasteiger partial charge in [0.05, 0.1) is 10.6 Å². The van der Waals surface area contributed by atoms with Crippen molar-refractivity contribution in [3.8, 4) is 0 Å². The van der Waals surface area contributed by atoms with Crippen molar-refractivity contribution < 1.29 is 18.0 Å². The van der Waals surface area contributed by atoms with Gasteiger partial charge in [0, 0.05) is 12.6 Å². The Labute approximate surface area is 244 Å². The highest BCUT2D eigenvalue weighted by molar-refractivity contribution is 7.92.